The lowest BCUT2D eigenvalue weighted by atomic mass is 9.85. The first-order chi connectivity index (χ1) is 8.32. The number of hydrogen-bond donors (Lipinski definition) is 3. The monoisotopic (exact) mass is 248 g/mol. The average Bonchev–Trinajstić information content (AvgIpc) is 2.71. The van der Waals surface area contributed by atoms with Crippen LogP contribution in [0, 0.1) is 0 Å². The third kappa shape index (κ3) is 1.81. The molecule has 0 aliphatic heterocycles. The number of nitrogens with one attached hydrogen (secondary N) is 1. The first kappa shape index (κ1) is 12.1. The van der Waals surface area contributed by atoms with Crippen molar-refractivity contribution in [2.24, 2.45) is 0 Å². The fourth-order valence-electron chi connectivity index (χ4n) is 1.62. The van der Waals surface area contributed by atoms with Crippen molar-refractivity contribution in [3.63, 3.8) is 0 Å². The molecule has 1 aromatic heterocycles. The van der Waals surface area contributed by atoms with Gasteiger partial charge < -0.3 is 15.2 Å². The molecule has 0 aliphatic rings. The van der Waals surface area contributed by atoms with Gasteiger partial charge in [-0.3, -0.25) is 4.79 Å². The number of benzene rings is 1. The highest BCUT2D eigenvalue weighted by Gasteiger charge is 2.29. The van der Waals surface area contributed by atoms with Crippen LogP contribution < -0.4 is 0 Å². The molecule has 0 radical (unpaired) electrons. The molecular formula is C12H12N2O4. The number of aromatic amines is 1. The van der Waals surface area contributed by atoms with Crippen molar-refractivity contribution in [1.29, 1.82) is 0 Å². The Balaban J connectivity index is 2.57. The molecule has 0 fully saturated rings. The highest BCUT2D eigenvalue weighted by molar-refractivity contribution is 5.90. The molecule has 0 bridgehead atoms. The first-order valence-electron chi connectivity index (χ1n) is 5.29. The molecule has 18 heavy (non-hydrogen) atoms. The van der Waals surface area contributed by atoms with Gasteiger partial charge in [-0.2, -0.15) is 0 Å². The normalized spacial score (nSPS) is 11.7. The molecule has 0 atom stereocenters. The molecule has 0 saturated heterocycles. The van der Waals surface area contributed by atoms with Crippen LogP contribution in [0.1, 0.15) is 30.0 Å². The molecule has 1 aromatic carbocycles. The number of carboxylic acid groups (broad SMARTS) is 2. The first-order valence-corrected chi connectivity index (χ1v) is 5.29. The summed E-state index contributed by atoms with van der Waals surface area (Å²) in [5.41, 5.74) is 0.558. The number of aliphatic carboxylic acids is 1. The number of carbonyl (C=O) groups is 2. The molecule has 6 nitrogen and oxygen atoms in total. The minimum absolute atomic E-state index is 0.157. The van der Waals surface area contributed by atoms with Crippen molar-refractivity contribution in [1.82, 2.24) is 9.97 Å². The fourth-order valence-corrected chi connectivity index (χ4v) is 1.62. The Morgan fingerprint density at radius 2 is 1.94 bits per heavy atom. The maximum atomic E-state index is 11.2. The van der Waals surface area contributed by atoms with Gasteiger partial charge in [0, 0.05) is 0 Å². The van der Waals surface area contributed by atoms with E-state index in [-0.39, 0.29) is 5.82 Å². The van der Waals surface area contributed by atoms with E-state index in [9.17, 15) is 9.59 Å². The van der Waals surface area contributed by atoms with E-state index < -0.39 is 17.4 Å². The van der Waals surface area contributed by atoms with E-state index in [1.165, 1.54) is 0 Å². The number of fused-ring (bicyclic) bond motifs is 1. The SMILES string of the molecule is CC(C)(C(=O)O)c1ccc2nc(C(=O)O)[nH]c2c1. The summed E-state index contributed by atoms with van der Waals surface area (Å²) in [6.07, 6.45) is 0. The highest BCUT2D eigenvalue weighted by atomic mass is 16.4. The Bertz CT molecular complexity index is 643. The van der Waals surface area contributed by atoms with E-state index in [2.05, 4.69) is 9.97 Å². The molecular weight excluding hydrogens is 236 g/mol. The zero-order valence-corrected chi connectivity index (χ0v) is 9.89. The molecule has 0 saturated carbocycles. The molecule has 2 rings (SSSR count). The van der Waals surface area contributed by atoms with E-state index in [1.54, 1.807) is 32.0 Å². The zero-order chi connectivity index (χ0) is 13.5. The second-order valence-electron chi connectivity index (χ2n) is 4.55. The summed E-state index contributed by atoms with van der Waals surface area (Å²) in [4.78, 5) is 28.4. The number of H-pyrrole nitrogens is 1. The van der Waals surface area contributed by atoms with Crippen molar-refractivity contribution in [2.75, 3.05) is 0 Å². The van der Waals surface area contributed by atoms with Crippen LogP contribution in [-0.4, -0.2) is 32.1 Å². The molecule has 1 heterocycles. The predicted octanol–water partition coefficient (Wildman–Crippen LogP) is 1.62. The van der Waals surface area contributed by atoms with Crippen molar-refractivity contribution >= 4 is 23.0 Å². The van der Waals surface area contributed by atoms with Gasteiger partial charge in [0.05, 0.1) is 16.4 Å². The van der Waals surface area contributed by atoms with Gasteiger partial charge >= 0.3 is 11.9 Å². The minimum Gasteiger partial charge on any atom is -0.481 e. The molecule has 0 unspecified atom stereocenters. The molecule has 2 aromatic rings. The van der Waals surface area contributed by atoms with Crippen molar-refractivity contribution < 1.29 is 19.8 Å². The van der Waals surface area contributed by atoms with Crippen LogP contribution in [0.3, 0.4) is 0 Å². The highest BCUT2D eigenvalue weighted by Crippen LogP contribution is 2.26. The number of imidazole rings is 1. The van der Waals surface area contributed by atoms with E-state index in [4.69, 9.17) is 10.2 Å². The maximum Gasteiger partial charge on any atom is 0.371 e. The summed E-state index contributed by atoms with van der Waals surface area (Å²) in [7, 11) is 0. The predicted molar refractivity (Wildman–Crippen MR) is 63.7 cm³/mol. The van der Waals surface area contributed by atoms with E-state index >= 15 is 0 Å². The number of aromatic carboxylic acids is 1. The van der Waals surface area contributed by atoms with Crippen LogP contribution >= 0.6 is 0 Å². The average molecular weight is 248 g/mol. The lowest BCUT2D eigenvalue weighted by Crippen LogP contribution is -2.28. The second kappa shape index (κ2) is 3.83. The van der Waals surface area contributed by atoms with Gasteiger partial charge in [0.1, 0.15) is 0 Å². The summed E-state index contributed by atoms with van der Waals surface area (Å²) in [5, 5.41) is 18.0. The zero-order valence-electron chi connectivity index (χ0n) is 9.89. The quantitative estimate of drug-likeness (QED) is 0.765. The van der Waals surface area contributed by atoms with Gasteiger partial charge in [-0.25, -0.2) is 9.78 Å². The molecule has 6 heteroatoms. The van der Waals surface area contributed by atoms with Gasteiger partial charge in [0.15, 0.2) is 0 Å². The Labute approximate surface area is 102 Å². The lowest BCUT2D eigenvalue weighted by molar-refractivity contribution is -0.142. The largest absolute Gasteiger partial charge is 0.481 e. The fraction of sp³-hybridized carbons (Fsp3) is 0.250. The molecule has 94 valence electrons. The van der Waals surface area contributed by atoms with Gasteiger partial charge in [0.25, 0.3) is 0 Å². The number of carboxylic acids is 2. The summed E-state index contributed by atoms with van der Waals surface area (Å²) >= 11 is 0. The maximum absolute atomic E-state index is 11.2. The molecule has 0 aliphatic carbocycles. The number of nitrogens with zero attached hydrogens (tertiary/aromatic N) is 1. The molecule has 0 amide bonds. The standard InChI is InChI=1S/C12H12N2O4/c1-12(2,11(17)18)6-3-4-7-8(5-6)14-9(13-7)10(15)16/h3-5H,1-2H3,(H,13,14)(H,15,16)(H,17,18). The van der Waals surface area contributed by atoms with Crippen molar-refractivity contribution in [3.05, 3.63) is 29.6 Å². The Kier molecular flexibility index (Phi) is 2.58. The Morgan fingerprint density at radius 1 is 1.28 bits per heavy atom. The summed E-state index contributed by atoms with van der Waals surface area (Å²) in [5.74, 6) is -2.25. The minimum atomic E-state index is -1.15. The molecule has 0 spiro atoms. The van der Waals surface area contributed by atoms with E-state index in [0.29, 0.717) is 16.6 Å². The smallest absolute Gasteiger partial charge is 0.371 e. The van der Waals surface area contributed by atoms with E-state index in [1.807, 2.05) is 0 Å². The van der Waals surface area contributed by atoms with E-state index in [0.717, 1.165) is 0 Å². The summed E-state index contributed by atoms with van der Waals surface area (Å²) in [6, 6.07) is 4.87. The van der Waals surface area contributed by atoms with Crippen LogP contribution in [0.15, 0.2) is 18.2 Å². The van der Waals surface area contributed by atoms with Crippen LogP contribution in [0.25, 0.3) is 11.0 Å². The molecule has 3 N–H and O–H groups in total. The van der Waals surface area contributed by atoms with Gasteiger partial charge in [-0.15, -0.1) is 0 Å². The summed E-state index contributed by atoms with van der Waals surface area (Å²) in [6.45, 7) is 3.18. The third-order valence-corrected chi connectivity index (χ3v) is 2.94. The number of aromatic nitrogens is 2. The summed E-state index contributed by atoms with van der Waals surface area (Å²) < 4.78 is 0. The van der Waals surface area contributed by atoms with Crippen LogP contribution in [0.2, 0.25) is 0 Å². The van der Waals surface area contributed by atoms with Crippen LogP contribution in [-0.2, 0) is 10.2 Å². The second-order valence-corrected chi connectivity index (χ2v) is 4.55. The van der Waals surface area contributed by atoms with Crippen molar-refractivity contribution in [3.8, 4) is 0 Å². The van der Waals surface area contributed by atoms with Gasteiger partial charge in [0.2, 0.25) is 5.82 Å². The Hall–Kier alpha value is -2.37. The van der Waals surface area contributed by atoms with Gasteiger partial charge in [-0.05, 0) is 31.5 Å². The lowest BCUT2D eigenvalue weighted by Gasteiger charge is -2.19. The topological polar surface area (TPSA) is 103 Å². The van der Waals surface area contributed by atoms with Crippen LogP contribution in [0.5, 0.6) is 0 Å². The van der Waals surface area contributed by atoms with Gasteiger partial charge in [-0.1, -0.05) is 6.07 Å². The van der Waals surface area contributed by atoms with Crippen molar-refractivity contribution in [2.45, 2.75) is 19.3 Å². The van der Waals surface area contributed by atoms with Crippen LogP contribution in [0.4, 0.5) is 0 Å². The number of rotatable bonds is 3. The Morgan fingerprint density at radius 3 is 2.50 bits per heavy atom. The third-order valence-electron chi connectivity index (χ3n) is 2.94. The number of hydrogen-bond acceptors (Lipinski definition) is 3.